The number of allylic oxidation sites excluding steroid dienone is 1. The van der Waals surface area contributed by atoms with Gasteiger partial charge in [-0.05, 0) is 19.4 Å². The Morgan fingerprint density at radius 2 is 1.45 bits per heavy atom. The van der Waals surface area contributed by atoms with Crippen molar-refractivity contribution in [2.45, 2.75) is 26.4 Å². The van der Waals surface area contributed by atoms with Crippen molar-refractivity contribution in [2.24, 2.45) is 0 Å². The average molecular weight is 797 g/mol. The van der Waals surface area contributed by atoms with Gasteiger partial charge in [0.25, 0.3) is 21.2 Å². The number of benzene rings is 1. The number of rotatable bonds is 11. The van der Waals surface area contributed by atoms with Gasteiger partial charge in [-0.15, -0.1) is 22.7 Å². The van der Waals surface area contributed by atoms with Crippen LogP contribution in [0.1, 0.15) is 13.3 Å². The lowest BCUT2D eigenvalue weighted by atomic mass is 10.2. The number of carboxylic acid groups (broad SMARTS) is 3. The lowest BCUT2D eigenvalue weighted by Gasteiger charge is -2.19. The van der Waals surface area contributed by atoms with Crippen LogP contribution in [0, 0.1) is 9.20 Å². The van der Waals surface area contributed by atoms with Crippen LogP contribution in [0.4, 0.5) is 10.5 Å². The maximum atomic E-state index is 13.7. The number of hydrogen-bond donors (Lipinski definition) is 4. The molecule has 0 radical (unpaired) electrons. The smallest absolute Gasteiger partial charge is 0.423 e. The minimum atomic E-state index is -4.32. The summed E-state index contributed by atoms with van der Waals surface area (Å²) in [5, 5.41) is 28.3. The molecular formula is C29H24N4O17S3. The number of anilines is 1. The van der Waals surface area contributed by atoms with Gasteiger partial charge in [-0.2, -0.15) is 8.42 Å². The highest BCUT2D eigenvalue weighted by Gasteiger charge is 2.40. The first-order chi connectivity index (χ1) is 24.9. The summed E-state index contributed by atoms with van der Waals surface area (Å²) in [5.41, 5.74) is -1.30. The third-order valence-corrected chi connectivity index (χ3v) is 10.8. The molecule has 53 heavy (non-hydrogen) atoms. The molecule has 5 heterocycles. The third-order valence-electron chi connectivity index (χ3n) is 7.57. The molecule has 21 nitrogen and oxygen atoms in total. The molecule has 4 N–H and O–H groups in total. The second kappa shape index (κ2) is 13.9. The number of thiazole rings is 2. The monoisotopic (exact) mass is 796 g/mol. The predicted octanol–water partition coefficient (Wildman–Crippen LogP) is -1.32. The lowest BCUT2D eigenvalue weighted by Crippen LogP contribution is -2.35. The summed E-state index contributed by atoms with van der Waals surface area (Å²) in [6, 6.07) is 3.13. The summed E-state index contributed by atoms with van der Waals surface area (Å²) >= 11 is 1.04. The first kappa shape index (κ1) is 36.8. The molecule has 6 rings (SSSR count). The quantitative estimate of drug-likeness (QED) is 0.164. The molecule has 0 spiro atoms. The van der Waals surface area contributed by atoms with Crippen molar-refractivity contribution in [2.75, 3.05) is 30.5 Å². The summed E-state index contributed by atoms with van der Waals surface area (Å²) in [7, 11) is -4.32. The van der Waals surface area contributed by atoms with E-state index >= 15 is 0 Å². The Hall–Kier alpha value is -5.98. The van der Waals surface area contributed by atoms with Crippen LogP contribution in [0.5, 0.6) is 17.2 Å². The molecular weight excluding hydrogens is 773 g/mol. The SMILES string of the molecule is C/C(C=c1s/c(=c2/s/c(=C3/OC(=O)N(CC(=O)O)C3=O)n(CC(=O)O)c2=O)n(CC(=O)O)c1=O)=C1\Oc2cc3c(cc2N1CCCS(=O)(=O)O)OCO3. The average Bonchev–Trinajstić information content (AvgIpc) is 3.86. The second-order valence-electron chi connectivity index (χ2n) is 11.3. The number of hydrogen-bond acceptors (Lipinski definition) is 16. The molecule has 3 aliphatic heterocycles. The maximum absolute atomic E-state index is 13.7. The minimum Gasteiger partial charge on any atom is -0.480 e. The van der Waals surface area contributed by atoms with Gasteiger partial charge in [-0.1, -0.05) is 0 Å². The summed E-state index contributed by atoms with van der Waals surface area (Å²) in [6.07, 6.45) is -0.142. The fourth-order valence-corrected chi connectivity index (χ4v) is 8.30. The molecule has 2 amide bonds. The van der Waals surface area contributed by atoms with Crippen molar-refractivity contribution in [3.05, 3.63) is 62.7 Å². The van der Waals surface area contributed by atoms with Crippen molar-refractivity contribution < 1.29 is 71.2 Å². The van der Waals surface area contributed by atoms with E-state index in [4.69, 9.17) is 24.1 Å². The molecule has 280 valence electrons. The van der Waals surface area contributed by atoms with E-state index in [9.17, 15) is 56.7 Å². The summed E-state index contributed by atoms with van der Waals surface area (Å²) in [4.78, 5) is 89.3. The van der Waals surface area contributed by atoms with E-state index in [-0.39, 0.29) is 51.1 Å². The van der Waals surface area contributed by atoms with Crippen LogP contribution >= 0.6 is 22.7 Å². The Kier molecular flexibility index (Phi) is 9.63. The van der Waals surface area contributed by atoms with Crippen LogP contribution in [0.15, 0.2) is 33.2 Å². The molecule has 2 aromatic heterocycles. The van der Waals surface area contributed by atoms with Gasteiger partial charge in [0.2, 0.25) is 18.4 Å². The van der Waals surface area contributed by atoms with Crippen LogP contribution in [0.3, 0.4) is 0 Å². The molecule has 1 saturated heterocycles. The predicted molar refractivity (Wildman–Crippen MR) is 177 cm³/mol. The molecule has 3 aromatic rings. The molecule has 0 aliphatic carbocycles. The zero-order chi connectivity index (χ0) is 38.5. The van der Waals surface area contributed by atoms with E-state index in [2.05, 4.69) is 0 Å². The van der Waals surface area contributed by atoms with Gasteiger partial charge in [0.1, 0.15) is 33.5 Å². The number of carbonyl (C=O) groups is 5. The van der Waals surface area contributed by atoms with E-state index in [1.54, 1.807) is 17.0 Å². The highest BCUT2D eigenvalue weighted by atomic mass is 32.2. The summed E-state index contributed by atoms with van der Waals surface area (Å²) < 4.78 is 54.0. The van der Waals surface area contributed by atoms with Gasteiger partial charge in [0, 0.05) is 24.3 Å². The van der Waals surface area contributed by atoms with E-state index in [0.29, 0.717) is 44.4 Å². The molecule has 3 aliphatic rings. The fourth-order valence-electron chi connectivity index (χ4n) is 5.41. The minimum absolute atomic E-state index is 0.000996. The Balaban J connectivity index is 1.57. The van der Waals surface area contributed by atoms with Crippen molar-refractivity contribution >= 4 is 80.2 Å². The van der Waals surface area contributed by atoms with E-state index in [1.807, 2.05) is 0 Å². The van der Waals surface area contributed by atoms with Crippen molar-refractivity contribution in [3.8, 4) is 17.2 Å². The van der Waals surface area contributed by atoms with Gasteiger partial charge in [-0.3, -0.25) is 42.5 Å². The van der Waals surface area contributed by atoms with Gasteiger partial charge >= 0.3 is 29.9 Å². The highest BCUT2D eigenvalue weighted by molar-refractivity contribution is 7.85. The van der Waals surface area contributed by atoms with Crippen molar-refractivity contribution in [1.29, 1.82) is 0 Å². The van der Waals surface area contributed by atoms with Gasteiger partial charge in [0.05, 0.1) is 16.0 Å². The molecule has 0 atom stereocenters. The van der Waals surface area contributed by atoms with E-state index in [0.717, 1.165) is 4.57 Å². The second-order valence-corrected chi connectivity index (χ2v) is 14.9. The molecule has 24 heteroatoms. The highest BCUT2D eigenvalue weighted by Crippen LogP contribution is 2.48. The molecule has 0 bridgehead atoms. The van der Waals surface area contributed by atoms with Crippen LogP contribution in [-0.4, -0.2) is 97.9 Å². The number of imide groups is 1. The first-order valence-electron chi connectivity index (χ1n) is 14.9. The Bertz CT molecular complexity index is 2630. The number of cyclic esters (lactones) is 1. The summed E-state index contributed by atoms with van der Waals surface area (Å²) in [6.45, 7) is -1.65. The topological polar surface area (TPSA) is 288 Å². The van der Waals surface area contributed by atoms with Gasteiger partial charge in [-0.25, -0.2) is 9.69 Å². The van der Waals surface area contributed by atoms with Crippen LogP contribution < -0.4 is 39.4 Å². The zero-order valence-corrected chi connectivity index (χ0v) is 29.2. The molecule has 1 aromatic carbocycles. The number of aliphatic carboxylic acids is 3. The fraction of sp³-hybridized carbons (Fsp3) is 0.276. The standard InChI is InChI=1S/C29H24N4O17S3/c1-12(26-30(3-2-4-53(44,45)46)13-6-15-16(48-11-47-15)7-14(13)49-26)5-17-23(40)31(8-18(34)35)28(51-17)22-25(42)32(9-19(36)37)27(52-22)21-24(41)33(10-20(38)39)29(43)50-21/h5-7H,2-4,8-11H2,1H3,(H,34,35)(H,36,37)(H,38,39)(H,44,45,46)/b17-5?,26-12+,27-21+,28-22+. The van der Waals surface area contributed by atoms with Gasteiger partial charge < -0.3 is 39.2 Å². The summed E-state index contributed by atoms with van der Waals surface area (Å²) in [5.74, 6) is -6.21. The number of carboxylic acids is 3. The number of amides is 2. The number of nitrogens with zero attached hydrogens (tertiary/aromatic N) is 4. The molecule has 0 unspecified atom stereocenters. The zero-order valence-electron chi connectivity index (χ0n) is 26.8. The normalized spacial score (nSPS) is 18.0. The number of ether oxygens (including phenoxy) is 4. The maximum Gasteiger partial charge on any atom is 0.423 e. The third kappa shape index (κ3) is 7.24. The number of fused-ring (bicyclic) bond motifs is 2. The van der Waals surface area contributed by atoms with Crippen molar-refractivity contribution in [1.82, 2.24) is 14.0 Å². The molecule has 1 fully saturated rings. The van der Waals surface area contributed by atoms with Crippen LogP contribution in [0.2, 0.25) is 0 Å². The number of carbonyl (C=O) groups excluding carboxylic acids is 2. The Labute approximate surface area is 301 Å². The Morgan fingerprint density at radius 3 is 2.08 bits per heavy atom. The van der Waals surface area contributed by atoms with E-state index in [1.165, 1.54) is 13.0 Å². The lowest BCUT2D eigenvalue weighted by molar-refractivity contribution is -0.140. The van der Waals surface area contributed by atoms with Crippen LogP contribution in [-0.2, 0) is 47.1 Å². The van der Waals surface area contributed by atoms with Crippen molar-refractivity contribution in [3.63, 3.8) is 0 Å². The number of aromatic nitrogens is 2. The van der Waals surface area contributed by atoms with E-state index < -0.39 is 91.5 Å². The van der Waals surface area contributed by atoms with Gasteiger partial charge in [0.15, 0.2) is 17.2 Å². The Morgan fingerprint density at radius 1 is 0.830 bits per heavy atom. The largest absolute Gasteiger partial charge is 0.480 e. The first-order valence-corrected chi connectivity index (χ1v) is 18.1. The molecule has 0 saturated carbocycles. The van der Waals surface area contributed by atoms with Crippen LogP contribution in [0.25, 0.3) is 11.8 Å².